The highest BCUT2D eigenvalue weighted by atomic mass is 32.1. The van der Waals surface area contributed by atoms with Crippen molar-refractivity contribution in [1.82, 2.24) is 15.6 Å². The molecule has 2 aromatic heterocycles. The molecule has 3 aromatic rings. The molecular formula is C20H21N3O4S. The molecule has 1 fully saturated rings. The van der Waals surface area contributed by atoms with E-state index in [4.69, 9.17) is 4.42 Å². The first kappa shape index (κ1) is 18.6. The van der Waals surface area contributed by atoms with E-state index in [9.17, 15) is 14.7 Å². The van der Waals surface area contributed by atoms with Gasteiger partial charge in [-0.25, -0.2) is 4.98 Å². The smallest absolute Gasteiger partial charge is 0.271 e. The zero-order chi connectivity index (χ0) is 19.5. The molecule has 0 spiro atoms. The third-order valence-electron chi connectivity index (χ3n) is 5.08. The number of fused-ring (bicyclic) bond motifs is 1. The minimum atomic E-state index is -0.665. The van der Waals surface area contributed by atoms with Crippen molar-refractivity contribution in [3.05, 3.63) is 52.7 Å². The lowest BCUT2D eigenvalue weighted by atomic mass is 9.83. The van der Waals surface area contributed by atoms with Crippen molar-refractivity contribution in [2.24, 2.45) is 5.92 Å². The van der Waals surface area contributed by atoms with Crippen LogP contribution in [-0.2, 0) is 11.3 Å². The second-order valence-electron chi connectivity index (χ2n) is 7.00. The minimum Gasteiger partial charge on any atom is -0.459 e. The summed E-state index contributed by atoms with van der Waals surface area (Å²) in [6.07, 6.45) is 0.770. The molecule has 1 aliphatic carbocycles. The van der Waals surface area contributed by atoms with E-state index in [-0.39, 0.29) is 17.7 Å². The largest absolute Gasteiger partial charge is 0.459 e. The SMILES string of the molecule is O=C(N[C@@H]1C[C@@H](C(=O)NCc2cc3ccccc3o2)CC[C@H]1O)c1cscn1. The van der Waals surface area contributed by atoms with Crippen LogP contribution in [0.3, 0.4) is 0 Å². The minimum absolute atomic E-state index is 0.0970. The number of nitrogens with one attached hydrogen (secondary N) is 2. The number of aliphatic hydroxyl groups excluding tert-OH is 1. The van der Waals surface area contributed by atoms with Crippen LogP contribution in [0.15, 0.2) is 45.6 Å². The molecule has 0 saturated heterocycles. The molecule has 3 N–H and O–H groups in total. The highest BCUT2D eigenvalue weighted by Gasteiger charge is 2.34. The molecule has 8 heteroatoms. The number of rotatable bonds is 5. The van der Waals surface area contributed by atoms with E-state index < -0.39 is 12.1 Å². The number of nitrogens with zero attached hydrogens (tertiary/aromatic N) is 1. The van der Waals surface area contributed by atoms with Crippen molar-refractivity contribution < 1.29 is 19.1 Å². The maximum absolute atomic E-state index is 12.6. The molecule has 1 aliphatic rings. The Labute approximate surface area is 165 Å². The fraction of sp³-hybridized carbons (Fsp3) is 0.350. The Morgan fingerprint density at radius 3 is 2.93 bits per heavy atom. The highest BCUT2D eigenvalue weighted by molar-refractivity contribution is 7.07. The summed E-state index contributed by atoms with van der Waals surface area (Å²) in [6, 6.07) is 9.14. The molecular weight excluding hydrogens is 378 g/mol. The van der Waals surface area contributed by atoms with Crippen LogP contribution in [0.5, 0.6) is 0 Å². The summed E-state index contributed by atoms with van der Waals surface area (Å²) in [5, 5.41) is 18.6. The molecule has 1 aromatic carbocycles. The van der Waals surface area contributed by atoms with E-state index in [1.165, 1.54) is 11.3 Å². The fourth-order valence-corrected chi connectivity index (χ4v) is 4.09. The van der Waals surface area contributed by atoms with Gasteiger partial charge in [0.05, 0.1) is 24.2 Å². The third kappa shape index (κ3) is 4.07. The molecule has 3 atom stereocenters. The quantitative estimate of drug-likeness (QED) is 0.611. The van der Waals surface area contributed by atoms with Gasteiger partial charge in [0.15, 0.2) is 0 Å². The number of benzene rings is 1. The number of amides is 2. The lowest BCUT2D eigenvalue weighted by molar-refractivity contribution is -0.127. The number of aromatic nitrogens is 1. The fourth-order valence-electron chi connectivity index (χ4n) is 3.56. The topological polar surface area (TPSA) is 104 Å². The van der Waals surface area contributed by atoms with Crippen LogP contribution in [0.2, 0.25) is 0 Å². The lowest BCUT2D eigenvalue weighted by Crippen LogP contribution is -2.49. The predicted molar refractivity (Wildman–Crippen MR) is 105 cm³/mol. The monoisotopic (exact) mass is 399 g/mol. The van der Waals surface area contributed by atoms with Crippen molar-refractivity contribution >= 4 is 34.1 Å². The Morgan fingerprint density at radius 1 is 1.29 bits per heavy atom. The summed E-state index contributed by atoms with van der Waals surface area (Å²) in [4.78, 5) is 28.8. The van der Waals surface area contributed by atoms with Crippen molar-refractivity contribution in [2.45, 2.75) is 38.0 Å². The van der Waals surface area contributed by atoms with Gasteiger partial charge in [0.2, 0.25) is 5.91 Å². The normalized spacial score (nSPS) is 22.1. The molecule has 2 amide bonds. The van der Waals surface area contributed by atoms with Gasteiger partial charge in [0.1, 0.15) is 17.0 Å². The molecule has 2 heterocycles. The first-order valence-corrected chi connectivity index (χ1v) is 10.2. The Balaban J connectivity index is 1.34. The molecule has 1 saturated carbocycles. The van der Waals surface area contributed by atoms with Crippen LogP contribution < -0.4 is 10.6 Å². The Morgan fingerprint density at radius 2 is 2.14 bits per heavy atom. The molecule has 146 valence electrons. The summed E-state index contributed by atoms with van der Waals surface area (Å²) in [6.45, 7) is 0.308. The molecule has 0 bridgehead atoms. The van der Waals surface area contributed by atoms with E-state index in [1.54, 1.807) is 10.9 Å². The van der Waals surface area contributed by atoms with Gasteiger partial charge in [0, 0.05) is 16.7 Å². The van der Waals surface area contributed by atoms with Gasteiger partial charge < -0.3 is 20.2 Å². The van der Waals surface area contributed by atoms with E-state index in [0.717, 1.165) is 11.0 Å². The first-order valence-electron chi connectivity index (χ1n) is 9.22. The summed E-state index contributed by atoms with van der Waals surface area (Å²) < 4.78 is 5.72. The van der Waals surface area contributed by atoms with Crippen LogP contribution in [0, 0.1) is 5.92 Å². The van der Waals surface area contributed by atoms with Crippen LogP contribution in [0.25, 0.3) is 11.0 Å². The van der Waals surface area contributed by atoms with Gasteiger partial charge in [0.25, 0.3) is 5.91 Å². The Hall–Kier alpha value is -2.71. The van der Waals surface area contributed by atoms with Crippen molar-refractivity contribution in [3.8, 4) is 0 Å². The van der Waals surface area contributed by atoms with Gasteiger partial charge in [-0.05, 0) is 31.4 Å². The summed E-state index contributed by atoms with van der Waals surface area (Å²) in [5.41, 5.74) is 2.70. The number of para-hydroxylation sites is 1. The molecule has 0 unspecified atom stereocenters. The summed E-state index contributed by atoms with van der Waals surface area (Å²) >= 11 is 1.33. The molecule has 0 aliphatic heterocycles. The van der Waals surface area contributed by atoms with Gasteiger partial charge >= 0.3 is 0 Å². The van der Waals surface area contributed by atoms with Crippen LogP contribution in [0.1, 0.15) is 35.5 Å². The van der Waals surface area contributed by atoms with Crippen molar-refractivity contribution in [1.29, 1.82) is 0 Å². The van der Waals surface area contributed by atoms with Crippen LogP contribution in [-0.4, -0.2) is 34.1 Å². The number of aliphatic hydroxyl groups is 1. The number of hydrogen-bond donors (Lipinski definition) is 3. The number of hydrogen-bond acceptors (Lipinski definition) is 6. The number of thiazole rings is 1. The van der Waals surface area contributed by atoms with Gasteiger partial charge in [-0.3, -0.25) is 9.59 Å². The number of furan rings is 1. The standard InChI is InChI=1S/C20H21N3O4S/c24-17-6-5-13(8-15(17)23-20(26)16-10-28-11-22-16)19(25)21-9-14-7-12-3-1-2-4-18(12)27-14/h1-4,7,10-11,13,15,17,24H,5-6,8-9H2,(H,21,25)(H,23,26)/t13-,15+,17+/m0/s1. The average Bonchev–Trinajstić information content (AvgIpc) is 3.37. The van der Waals surface area contributed by atoms with E-state index >= 15 is 0 Å². The molecule has 28 heavy (non-hydrogen) atoms. The van der Waals surface area contributed by atoms with E-state index in [1.807, 2.05) is 30.3 Å². The van der Waals surface area contributed by atoms with E-state index in [2.05, 4.69) is 15.6 Å². The van der Waals surface area contributed by atoms with E-state index in [0.29, 0.717) is 37.3 Å². The van der Waals surface area contributed by atoms with Crippen LogP contribution in [0.4, 0.5) is 0 Å². The molecule has 0 radical (unpaired) electrons. The van der Waals surface area contributed by atoms with Crippen molar-refractivity contribution in [3.63, 3.8) is 0 Å². The predicted octanol–water partition coefficient (Wildman–Crippen LogP) is 2.47. The maximum atomic E-state index is 12.6. The average molecular weight is 399 g/mol. The maximum Gasteiger partial charge on any atom is 0.271 e. The third-order valence-corrected chi connectivity index (χ3v) is 5.67. The van der Waals surface area contributed by atoms with Gasteiger partial charge in [-0.2, -0.15) is 0 Å². The summed E-state index contributed by atoms with van der Waals surface area (Å²) in [5.74, 6) is 0.00110. The Bertz CT molecular complexity index is 936. The lowest BCUT2D eigenvalue weighted by Gasteiger charge is -2.33. The number of carbonyl (C=O) groups is 2. The zero-order valence-corrected chi connectivity index (χ0v) is 15.9. The van der Waals surface area contributed by atoms with Crippen LogP contribution >= 0.6 is 11.3 Å². The highest BCUT2D eigenvalue weighted by Crippen LogP contribution is 2.26. The second-order valence-corrected chi connectivity index (χ2v) is 7.72. The molecule has 7 nitrogen and oxygen atoms in total. The first-order chi connectivity index (χ1) is 13.6. The zero-order valence-electron chi connectivity index (χ0n) is 15.1. The molecule has 4 rings (SSSR count). The van der Waals surface area contributed by atoms with Gasteiger partial charge in [-0.15, -0.1) is 11.3 Å². The van der Waals surface area contributed by atoms with Gasteiger partial charge in [-0.1, -0.05) is 18.2 Å². The van der Waals surface area contributed by atoms with Crippen molar-refractivity contribution in [2.75, 3.05) is 0 Å². The second kappa shape index (κ2) is 8.12. The Kier molecular flexibility index (Phi) is 5.40. The number of carbonyl (C=O) groups excluding carboxylic acids is 2. The summed E-state index contributed by atoms with van der Waals surface area (Å²) in [7, 11) is 0.